The number of nitrogens with two attached hydrogens (primary N) is 1. The van der Waals surface area contributed by atoms with Crippen molar-refractivity contribution in [2.24, 2.45) is 5.73 Å². The van der Waals surface area contributed by atoms with Gasteiger partial charge in [0.1, 0.15) is 18.2 Å². The summed E-state index contributed by atoms with van der Waals surface area (Å²) in [5, 5.41) is 2.21. The molecule has 132 valence electrons. The highest BCUT2D eigenvalue weighted by molar-refractivity contribution is 9.10. The first-order valence-electron chi connectivity index (χ1n) is 7.27. The lowest BCUT2D eigenvalue weighted by atomic mass is 10.2. The van der Waals surface area contributed by atoms with Gasteiger partial charge in [0.25, 0.3) is 0 Å². The Morgan fingerprint density at radius 1 is 1.16 bits per heavy atom. The van der Waals surface area contributed by atoms with Gasteiger partial charge in [-0.25, -0.2) is 8.78 Å². The summed E-state index contributed by atoms with van der Waals surface area (Å²) in [7, 11) is 0. The lowest BCUT2D eigenvalue weighted by Crippen LogP contribution is -2.38. The predicted molar refractivity (Wildman–Crippen MR) is 91.5 cm³/mol. The first-order valence-corrected chi connectivity index (χ1v) is 8.06. The molecule has 0 aliphatic rings. The second-order valence-electron chi connectivity index (χ2n) is 5.19. The van der Waals surface area contributed by atoms with Gasteiger partial charge in [-0.15, -0.1) is 0 Å². The van der Waals surface area contributed by atoms with Crippen molar-refractivity contribution in [2.45, 2.75) is 19.1 Å². The van der Waals surface area contributed by atoms with E-state index in [2.05, 4.69) is 21.2 Å². The summed E-state index contributed by atoms with van der Waals surface area (Å²) in [4.78, 5) is 23.7. The molecule has 0 radical (unpaired) electrons. The molecule has 3 N–H and O–H groups in total. The first kappa shape index (κ1) is 19.0. The second-order valence-corrected chi connectivity index (χ2v) is 6.05. The number of hydrogen-bond donors (Lipinski definition) is 2. The number of nitrogens with one attached hydrogen (secondary N) is 1. The minimum absolute atomic E-state index is 0.0138. The van der Waals surface area contributed by atoms with E-state index in [9.17, 15) is 18.4 Å². The smallest absolute Gasteiger partial charge is 0.308 e. The third-order valence-electron chi connectivity index (χ3n) is 3.23. The zero-order chi connectivity index (χ0) is 18.4. The standard InChI is InChI=1S/C17H15BrF2N2O3/c18-11-6-15(13(20)7-12(11)19)22-17(24)14(21)8-16(23)25-9-10-4-2-1-3-5-10/h1-7,14H,8-9,21H2,(H,22,24)/t14-/m0/s1. The van der Waals surface area contributed by atoms with Crippen LogP contribution in [0.2, 0.25) is 0 Å². The number of rotatable bonds is 6. The van der Waals surface area contributed by atoms with Crippen LogP contribution >= 0.6 is 15.9 Å². The maximum atomic E-state index is 13.6. The van der Waals surface area contributed by atoms with Gasteiger partial charge >= 0.3 is 5.97 Å². The molecule has 1 atom stereocenters. The van der Waals surface area contributed by atoms with Gasteiger partial charge in [0.2, 0.25) is 5.91 Å². The number of ether oxygens (including phenoxy) is 1. The van der Waals surface area contributed by atoms with Gasteiger partial charge in [-0.2, -0.15) is 0 Å². The summed E-state index contributed by atoms with van der Waals surface area (Å²) in [6.45, 7) is 0.0630. The van der Waals surface area contributed by atoms with E-state index in [4.69, 9.17) is 10.5 Å². The SMILES string of the molecule is N[C@@H](CC(=O)OCc1ccccc1)C(=O)Nc1cc(Br)c(F)cc1F. The average molecular weight is 413 g/mol. The van der Waals surface area contributed by atoms with Crippen LogP contribution in [0.3, 0.4) is 0 Å². The minimum Gasteiger partial charge on any atom is -0.461 e. The Morgan fingerprint density at radius 3 is 2.52 bits per heavy atom. The first-order chi connectivity index (χ1) is 11.9. The molecule has 0 bridgehead atoms. The monoisotopic (exact) mass is 412 g/mol. The van der Waals surface area contributed by atoms with Gasteiger partial charge in [0, 0.05) is 6.07 Å². The average Bonchev–Trinajstić information content (AvgIpc) is 2.58. The molecule has 0 aliphatic heterocycles. The van der Waals surface area contributed by atoms with Crippen molar-refractivity contribution in [1.82, 2.24) is 0 Å². The van der Waals surface area contributed by atoms with Crippen LogP contribution in [0.15, 0.2) is 46.9 Å². The molecule has 1 amide bonds. The fourth-order valence-corrected chi connectivity index (χ4v) is 2.26. The summed E-state index contributed by atoms with van der Waals surface area (Å²) in [5.41, 5.74) is 6.19. The van der Waals surface area contributed by atoms with Crippen molar-refractivity contribution in [3.05, 3.63) is 64.1 Å². The Bertz CT molecular complexity index is 772. The van der Waals surface area contributed by atoms with Crippen LogP contribution in [-0.4, -0.2) is 17.9 Å². The number of hydrogen-bond acceptors (Lipinski definition) is 4. The Hall–Kier alpha value is -2.32. The van der Waals surface area contributed by atoms with Crippen molar-refractivity contribution in [3.63, 3.8) is 0 Å². The minimum atomic E-state index is -1.23. The van der Waals surface area contributed by atoms with Crippen LogP contribution in [-0.2, 0) is 20.9 Å². The van der Waals surface area contributed by atoms with E-state index in [0.717, 1.165) is 11.6 Å². The molecule has 0 fully saturated rings. The maximum absolute atomic E-state index is 13.6. The second kappa shape index (κ2) is 8.68. The number of anilines is 1. The normalized spacial score (nSPS) is 11.7. The van der Waals surface area contributed by atoms with E-state index in [1.807, 2.05) is 6.07 Å². The molecule has 8 heteroatoms. The zero-order valence-electron chi connectivity index (χ0n) is 13.0. The largest absolute Gasteiger partial charge is 0.461 e. The molecule has 2 aromatic carbocycles. The third-order valence-corrected chi connectivity index (χ3v) is 3.84. The summed E-state index contributed by atoms with van der Waals surface area (Å²) in [5.74, 6) is -3.20. The van der Waals surface area contributed by atoms with Crippen LogP contribution in [0.4, 0.5) is 14.5 Å². The van der Waals surface area contributed by atoms with E-state index in [1.165, 1.54) is 0 Å². The molecule has 2 aromatic rings. The lowest BCUT2D eigenvalue weighted by Gasteiger charge is -2.13. The molecule has 0 unspecified atom stereocenters. The van der Waals surface area contributed by atoms with Crippen LogP contribution in [0.5, 0.6) is 0 Å². The Morgan fingerprint density at radius 2 is 1.84 bits per heavy atom. The molecule has 0 saturated heterocycles. The Kier molecular flexibility index (Phi) is 6.60. The summed E-state index contributed by atoms with van der Waals surface area (Å²) >= 11 is 2.89. The van der Waals surface area contributed by atoms with E-state index in [1.54, 1.807) is 24.3 Å². The highest BCUT2D eigenvalue weighted by Crippen LogP contribution is 2.23. The Balaban J connectivity index is 1.87. The predicted octanol–water partition coefficient (Wildman–Crippen LogP) is 3.13. The van der Waals surface area contributed by atoms with Gasteiger partial charge in [0.05, 0.1) is 22.6 Å². The molecule has 0 saturated carbocycles. The van der Waals surface area contributed by atoms with E-state index in [0.29, 0.717) is 6.07 Å². The van der Waals surface area contributed by atoms with Gasteiger partial charge < -0.3 is 15.8 Å². The van der Waals surface area contributed by atoms with Crippen molar-refractivity contribution in [3.8, 4) is 0 Å². The number of amides is 1. The summed E-state index contributed by atoms with van der Waals surface area (Å²) in [6.07, 6.45) is -0.372. The molecule has 0 aromatic heterocycles. The third kappa shape index (κ3) is 5.61. The maximum Gasteiger partial charge on any atom is 0.308 e. The molecule has 25 heavy (non-hydrogen) atoms. The number of benzene rings is 2. The highest BCUT2D eigenvalue weighted by atomic mass is 79.9. The van der Waals surface area contributed by atoms with E-state index >= 15 is 0 Å². The van der Waals surface area contributed by atoms with Gasteiger partial charge in [-0.05, 0) is 27.6 Å². The molecular weight excluding hydrogens is 398 g/mol. The van der Waals surface area contributed by atoms with Crippen LogP contribution < -0.4 is 11.1 Å². The number of carbonyl (C=O) groups is 2. The van der Waals surface area contributed by atoms with Crippen LogP contribution in [0.1, 0.15) is 12.0 Å². The number of esters is 1. The molecule has 2 rings (SSSR count). The molecule has 5 nitrogen and oxygen atoms in total. The molecular formula is C17H15BrF2N2O3. The quantitative estimate of drug-likeness (QED) is 0.563. The zero-order valence-corrected chi connectivity index (χ0v) is 14.6. The van der Waals surface area contributed by atoms with Gasteiger partial charge in [-0.3, -0.25) is 9.59 Å². The van der Waals surface area contributed by atoms with Crippen molar-refractivity contribution in [2.75, 3.05) is 5.32 Å². The van der Waals surface area contributed by atoms with Gasteiger partial charge in [0.15, 0.2) is 0 Å². The molecule has 0 aliphatic carbocycles. The Labute approximate surface area is 151 Å². The molecule has 0 heterocycles. The number of halogens is 3. The van der Waals surface area contributed by atoms with E-state index < -0.39 is 29.6 Å². The number of carbonyl (C=O) groups excluding carboxylic acids is 2. The summed E-state index contributed by atoms with van der Waals surface area (Å²) < 4.78 is 31.8. The van der Waals surface area contributed by atoms with Crippen molar-refractivity contribution < 1.29 is 23.1 Å². The van der Waals surface area contributed by atoms with E-state index in [-0.39, 0.29) is 23.2 Å². The van der Waals surface area contributed by atoms with Crippen molar-refractivity contribution in [1.29, 1.82) is 0 Å². The summed E-state index contributed by atoms with van der Waals surface area (Å²) in [6, 6.07) is 9.48. The van der Waals surface area contributed by atoms with Crippen molar-refractivity contribution >= 4 is 33.5 Å². The fourth-order valence-electron chi connectivity index (χ4n) is 1.91. The van der Waals surface area contributed by atoms with Gasteiger partial charge in [-0.1, -0.05) is 30.3 Å². The van der Waals surface area contributed by atoms with Crippen LogP contribution in [0, 0.1) is 11.6 Å². The highest BCUT2D eigenvalue weighted by Gasteiger charge is 2.20. The lowest BCUT2D eigenvalue weighted by molar-refractivity contribution is -0.146. The fraction of sp³-hybridized carbons (Fsp3) is 0.176. The molecule has 0 spiro atoms. The van der Waals surface area contributed by atoms with Crippen LogP contribution in [0.25, 0.3) is 0 Å². The topological polar surface area (TPSA) is 81.4 Å².